The van der Waals surface area contributed by atoms with E-state index in [1.165, 1.54) is 30.5 Å². The minimum absolute atomic E-state index is 0.00129. The molecule has 5 heterocycles. The smallest absolute Gasteiger partial charge is 0.410 e. The Morgan fingerprint density at radius 3 is 2.51 bits per heavy atom. The Morgan fingerprint density at radius 2 is 1.82 bits per heavy atom. The first-order chi connectivity index (χ1) is 23.4. The van der Waals surface area contributed by atoms with Crippen molar-refractivity contribution in [3.05, 3.63) is 34.2 Å². The van der Waals surface area contributed by atoms with Crippen molar-refractivity contribution in [3.8, 4) is 11.6 Å². The molecule has 1 N–H and O–H groups in total. The number of aromatic nitrogens is 5. The molecular weight excluding hydrogens is 624 g/mol. The maximum Gasteiger partial charge on any atom is 0.410 e. The van der Waals surface area contributed by atoms with Gasteiger partial charge in [-0.2, -0.15) is 0 Å². The van der Waals surface area contributed by atoms with Crippen molar-refractivity contribution in [1.29, 1.82) is 0 Å². The summed E-state index contributed by atoms with van der Waals surface area (Å²) in [4.78, 5) is 51.9. The average Bonchev–Trinajstić information content (AvgIpc) is 3.36. The molecule has 2 aliphatic heterocycles. The molecule has 3 aromatic rings. The topological polar surface area (TPSA) is 137 Å². The van der Waals surface area contributed by atoms with Crippen LogP contribution in [0.25, 0.3) is 16.9 Å². The number of amides is 2. The van der Waals surface area contributed by atoms with E-state index >= 15 is 0 Å². The van der Waals surface area contributed by atoms with Crippen molar-refractivity contribution in [2.24, 2.45) is 17.3 Å². The fourth-order valence-corrected chi connectivity index (χ4v) is 9.90. The molecule has 6 fully saturated rings. The van der Waals surface area contributed by atoms with Crippen LogP contribution >= 0.6 is 0 Å². The Hall–Kier alpha value is -4.16. The highest BCUT2D eigenvalue weighted by Gasteiger charge is 2.62. The molecule has 0 spiro atoms. The van der Waals surface area contributed by atoms with E-state index in [4.69, 9.17) is 19.7 Å². The van der Waals surface area contributed by atoms with E-state index in [1.807, 2.05) is 30.2 Å². The largest absolute Gasteiger partial charge is 0.481 e. The molecule has 49 heavy (non-hydrogen) atoms. The van der Waals surface area contributed by atoms with Gasteiger partial charge in [0.05, 0.1) is 24.5 Å². The lowest BCUT2D eigenvalue weighted by molar-refractivity contribution is -0.125. The third-order valence-electron chi connectivity index (χ3n) is 12.4. The predicted octanol–water partition coefficient (Wildman–Crippen LogP) is 4.32. The van der Waals surface area contributed by atoms with Crippen LogP contribution in [0.2, 0.25) is 0 Å². The van der Waals surface area contributed by atoms with Gasteiger partial charge in [-0.25, -0.2) is 9.78 Å². The van der Waals surface area contributed by atoms with Gasteiger partial charge in [-0.1, -0.05) is 6.92 Å². The average molecular weight is 671 g/mol. The van der Waals surface area contributed by atoms with Gasteiger partial charge in [0.1, 0.15) is 17.3 Å². The second-order valence-corrected chi connectivity index (χ2v) is 16.5. The van der Waals surface area contributed by atoms with Gasteiger partial charge >= 0.3 is 6.09 Å². The number of rotatable bonds is 6. The number of nitrogens with zero attached hydrogens (tertiary/aromatic N) is 7. The highest BCUT2D eigenvalue weighted by molar-refractivity contribution is 5.86. The lowest BCUT2D eigenvalue weighted by atomic mass is 9.66. The monoisotopic (exact) mass is 670 g/mol. The van der Waals surface area contributed by atoms with E-state index in [2.05, 4.69) is 22.1 Å². The number of hydrogen-bond donors (Lipinski definition) is 1. The summed E-state index contributed by atoms with van der Waals surface area (Å²) in [6.45, 7) is 8.67. The summed E-state index contributed by atoms with van der Waals surface area (Å²) in [5, 5.41) is 13.1. The van der Waals surface area contributed by atoms with E-state index in [1.54, 1.807) is 25.4 Å². The van der Waals surface area contributed by atoms with Gasteiger partial charge in [0.25, 0.3) is 0 Å². The van der Waals surface area contributed by atoms with Crippen LogP contribution in [0.4, 0.5) is 10.5 Å². The van der Waals surface area contributed by atoms with E-state index in [9.17, 15) is 14.4 Å². The molecule has 13 heteroatoms. The van der Waals surface area contributed by atoms with Gasteiger partial charge in [-0.05, 0) is 95.5 Å². The number of ether oxygens (including phenoxy) is 2. The molecule has 13 nitrogen and oxygen atoms in total. The zero-order valence-corrected chi connectivity index (χ0v) is 29.0. The molecule has 260 valence electrons. The van der Waals surface area contributed by atoms with Gasteiger partial charge in [-0.15, -0.1) is 15.0 Å². The number of fused-ring (bicyclic) bond motifs is 5. The molecule has 0 aromatic carbocycles. The minimum atomic E-state index is -0.592. The lowest BCUT2D eigenvalue weighted by Crippen LogP contribution is -2.67. The summed E-state index contributed by atoms with van der Waals surface area (Å²) in [7, 11) is 1.55. The maximum atomic E-state index is 14.7. The molecule has 7 aliphatic rings. The summed E-state index contributed by atoms with van der Waals surface area (Å²) in [5.74, 6) is 1.75. The molecule has 2 bridgehead atoms. The number of piperazine rings is 1. The summed E-state index contributed by atoms with van der Waals surface area (Å²) in [6.07, 6.45) is 9.81. The second-order valence-electron chi connectivity index (χ2n) is 16.5. The van der Waals surface area contributed by atoms with Crippen molar-refractivity contribution < 1.29 is 19.1 Å². The predicted molar refractivity (Wildman–Crippen MR) is 181 cm³/mol. The zero-order chi connectivity index (χ0) is 34.0. The number of pyridine rings is 2. The van der Waals surface area contributed by atoms with Gasteiger partial charge in [-0.3, -0.25) is 9.59 Å². The molecular formula is C36H46N8O5. The van der Waals surface area contributed by atoms with E-state index in [0.29, 0.717) is 53.7 Å². The third kappa shape index (κ3) is 4.77. The van der Waals surface area contributed by atoms with Gasteiger partial charge in [0.2, 0.25) is 17.2 Å². The number of carbonyl (C=O) groups excluding carboxylic acids is 2. The molecule has 5 atom stereocenters. The highest BCUT2D eigenvalue weighted by Crippen LogP contribution is 2.68. The molecule has 2 amide bonds. The normalized spacial score (nSPS) is 31.5. The van der Waals surface area contributed by atoms with Crippen molar-refractivity contribution in [1.82, 2.24) is 34.8 Å². The van der Waals surface area contributed by atoms with Crippen molar-refractivity contribution in [2.45, 2.75) is 115 Å². The number of carbonyl (C=O) groups is 2. The van der Waals surface area contributed by atoms with Crippen molar-refractivity contribution >= 4 is 28.9 Å². The summed E-state index contributed by atoms with van der Waals surface area (Å²) < 4.78 is 13.1. The molecule has 1 saturated heterocycles. The SMILES string of the molecule is COc1cc(-n2nc3c(=O)c(N4CCN(C(=O)OC(C)(C)C)[C@H]5CC[C@@H]54)c4n(c3n2)[C@H](C(=O)NC2CC3(C5CC5)CC2C3)C[C@@H]4C)ccn1. The van der Waals surface area contributed by atoms with E-state index in [0.717, 1.165) is 30.9 Å². The Balaban J connectivity index is 1.11. The number of hydrogen-bond acceptors (Lipinski definition) is 9. The molecule has 10 rings (SSSR count). The Bertz CT molecular complexity index is 1920. The zero-order valence-electron chi connectivity index (χ0n) is 29.0. The number of methoxy groups -OCH3 is 1. The van der Waals surface area contributed by atoms with E-state index < -0.39 is 11.6 Å². The number of anilines is 1. The van der Waals surface area contributed by atoms with Crippen LogP contribution in [0, 0.1) is 17.3 Å². The molecule has 1 unspecified atom stereocenters. The Kier molecular flexibility index (Phi) is 6.72. The second kappa shape index (κ2) is 10.7. The summed E-state index contributed by atoms with van der Waals surface area (Å²) >= 11 is 0. The van der Waals surface area contributed by atoms with Crippen LogP contribution in [0.15, 0.2) is 23.1 Å². The van der Waals surface area contributed by atoms with Crippen LogP contribution in [-0.4, -0.2) is 85.4 Å². The van der Waals surface area contributed by atoms with Crippen LogP contribution in [-0.2, 0) is 9.53 Å². The van der Waals surface area contributed by atoms with Gasteiger partial charge in [0, 0.05) is 43.4 Å². The van der Waals surface area contributed by atoms with Crippen LogP contribution in [0.3, 0.4) is 0 Å². The molecule has 5 aliphatic carbocycles. The summed E-state index contributed by atoms with van der Waals surface area (Å²) in [6, 6.07) is 3.10. The standard InChI is InChI=1S/C36H46N8O5/c1-19-14-26(33(46)38-23-18-36(21-6-7-21)16-20(23)17-36)43-29(19)30(41-12-13-42(25-9-8-24(25)41)34(47)49-35(2,3)4)31(45)28-32(43)40-44(39-28)22-10-11-37-27(15-22)48-5/h10-11,15,19-21,23-26H,6-9,12-14,16-18H2,1-5H3,(H,38,46)/t19-,20?,23?,24-,25-,26-,36?/m0/s1. The molecule has 5 saturated carbocycles. The number of nitrogens with one attached hydrogen (secondary N) is 1. The highest BCUT2D eigenvalue weighted by atomic mass is 16.6. The Morgan fingerprint density at radius 1 is 1.04 bits per heavy atom. The summed E-state index contributed by atoms with van der Waals surface area (Å²) in [5.41, 5.74) is 2.32. The first kappa shape index (κ1) is 30.9. The third-order valence-corrected chi connectivity index (χ3v) is 12.4. The van der Waals surface area contributed by atoms with Crippen molar-refractivity contribution in [2.75, 3.05) is 25.1 Å². The molecule has 0 radical (unpaired) electrons. The van der Waals surface area contributed by atoms with Crippen LogP contribution in [0.5, 0.6) is 5.88 Å². The molecule has 3 aromatic heterocycles. The fraction of sp³-hybridized carbons (Fsp3) is 0.667. The van der Waals surface area contributed by atoms with Gasteiger partial charge in [0.15, 0.2) is 11.2 Å². The Labute approximate surface area is 285 Å². The van der Waals surface area contributed by atoms with Crippen molar-refractivity contribution in [3.63, 3.8) is 0 Å². The van der Waals surface area contributed by atoms with Crippen LogP contribution in [0.1, 0.15) is 96.7 Å². The van der Waals surface area contributed by atoms with Crippen LogP contribution < -0.4 is 20.4 Å². The first-order valence-electron chi connectivity index (χ1n) is 18.1. The lowest BCUT2D eigenvalue weighted by Gasteiger charge is -2.54. The maximum absolute atomic E-state index is 14.7. The first-order valence-corrected chi connectivity index (χ1v) is 18.1. The van der Waals surface area contributed by atoms with E-state index in [-0.39, 0.29) is 47.0 Å². The van der Waals surface area contributed by atoms with Gasteiger partial charge < -0.3 is 29.2 Å². The quantitative estimate of drug-likeness (QED) is 0.407. The minimum Gasteiger partial charge on any atom is -0.481 e. The fourth-order valence-electron chi connectivity index (χ4n) is 9.90.